The Morgan fingerprint density at radius 3 is 2.32 bits per heavy atom. The number of carboxylic acids is 1. The van der Waals surface area contributed by atoms with Gasteiger partial charge < -0.3 is 9.84 Å². The van der Waals surface area contributed by atoms with Crippen molar-refractivity contribution >= 4 is 17.3 Å². The number of thiazole rings is 1. The van der Waals surface area contributed by atoms with Crippen LogP contribution in [0.4, 0.5) is 0 Å². The minimum atomic E-state index is -1.02. The molecule has 0 bridgehead atoms. The number of carboxylic acid groups (broad SMARTS) is 1. The Balaban J connectivity index is 2.08. The van der Waals surface area contributed by atoms with Crippen LogP contribution in [0.3, 0.4) is 0 Å². The van der Waals surface area contributed by atoms with Crippen molar-refractivity contribution in [3.8, 4) is 26.8 Å². The molecule has 0 atom stereocenters. The topological polar surface area (TPSA) is 59.4 Å². The lowest BCUT2D eigenvalue weighted by Gasteiger charge is -2.00. The van der Waals surface area contributed by atoms with Crippen molar-refractivity contribution in [1.82, 2.24) is 4.98 Å². The average molecular weight is 311 g/mol. The first-order chi connectivity index (χ1) is 10.7. The third-order valence-corrected chi connectivity index (χ3v) is 4.36. The van der Waals surface area contributed by atoms with Gasteiger partial charge in [0.15, 0.2) is 5.69 Å². The zero-order chi connectivity index (χ0) is 15.5. The van der Waals surface area contributed by atoms with Crippen molar-refractivity contribution in [2.45, 2.75) is 0 Å². The standard InChI is InChI=1S/C17H13NO3S/c1-21-13-9-7-12(8-10-13)16-18-14(17(19)20)15(22-16)11-5-3-2-4-6-11/h2-10H,1H3,(H,19,20). The Morgan fingerprint density at radius 1 is 1.05 bits per heavy atom. The summed E-state index contributed by atoms with van der Waals surface area (Å²) >= 11 is 1.37. The third-order valence-electron chi connectivity index (χ3n) is 3.20. The molecule has 1 N–H and O–H groups in total. The maximum atomic E-state index is 11.5. The molecule has 2 aromatic carbocycles. The molecule has 3 rings (SSSR count). The lowest BCUT2D eigenvalue weighted by atomic mass is 10.1. The van der Waals surface area contributed by atoms with E-state index in [0.717, 1.165) is 16.9 Å². The molecule has 1 heterocycles. The molecule has 0 saturated heterocycles. The summed E-state index contributed by atoms with van der Waals surface area (Å²) in [6.07, 6.45) is 0. The van der Waals surface area contributed by atoms with E-state index in [1.54, 1.807) is 7.11 Å². The van der Waals surface area contributed by atoms with Gasteiger partial charge in [-0.3, -0.25) is 0 Å². The first-order valence-electron chi connectivity index (χ1n) is 6.63. The summed E-state index contributed by atoms with van der Waals surface area (Å²) in [5, 5.41) is 10.1. The van der Waals surface area contributed by atoms with Crippen LogP contribution in [-0.2, 0) is 0 Å². The lowest BCUT2D eigenvalue weighted by molar-refractivity contribution is 0.0692. The molecule has 0 fully saturated rings. The molecule has 0 aliphatic carbocycles. The first-order valence-corrected chi connectivity index (χ1v) is 7.44. The van der Waals surface area contributed by atoms with Gasteiger partial charge in [-0.25, -0.2) is 9.78 Å². The lowest BCUT2D eigenvalue weighted by Crippen LogP contribution is -1.98. The van der Waals surface area contributed by atoms with Crippen LogP contribution in [0, 0.1) is 0 Å². The van der Waals surface area contributed by atoms with Crippen LogP contribution in [-0.4, -0.2) is 23.2 Å². The maximum absolute atomic E-state index is 11.5. The predicted octanol–water partition coefficient (Wildman–Crippen LogP) is 4.18. The minimum Gasteiger partial charge on any atom is -0.497 e. The van der Waals surface area contributed by atoms with Crippen molar-refractivity contribution in [1.29, 1.82) is 0 Å². The van der Waals surface area contributed by atoms with Gasteiger partial charge >= 0.3 is 5.97 Å². The summed E-state index contributed by atoms with van der Waals surface area (Å²) in [4.78, 5) is 16.4. The normalized spacial score (nSPS) is 10.4. The summed E-state index contributed by atoms with van der Waals surface area (Å²) in [6.45, 7) is 0. The van der Waals surface area contributed by atoms with Crippen LogP contribution in [0.1, 0.15) is 10.5 Å². The number of methoxy groups -OCH3 is 1. The summed E-state index contributed by atoms with van der Waals surface area (Å²) in [5.74, 6) is -0.267. The SMILES string of the molecule is COc1ccc(-c2nc(C(=O)O)c(-c3ccccc3)s2)cc1. The highest BCUT2D eigenvalue weighted by Crippen LogP contribution is 2.35. The zero-order valence-corrected chi connectivity index (χ0v) is 12.6. The number of hydrogen-bond acceptors (Lipinski definition) is 4. The molecule has 0 saturated carbocycles. The Morgan fingerprint density at radius 2 is 1.73 bits per heavy atom. The largest absolute Gasteiger partial charge is 0.497 e. The van der Waals surface area contributed by atoms with Gasteiger partial charge in [-0.05, 0) is 29.8 Å². The van der Waals surface area contributed by atoms with Gasteiger partial charge in [0.25, 0.3) is 0 Å². The highest BCUT2D eigenvalue weighted by molar-refractivity contribution is 7.18. The van der Waals surface area contributed by atoms with Crippen LogP contribution in [0.25, 0.3) is 21.0 Å². The zero-order valence-electron chi connectivity index (χ0n) is 11.8. The van der Waals surface area contributed by atoms with Crippen molar-refractivity contribution in [2.24, 2.45) is 0 Å². The Kier molecular flexibility index (Phi) is 3.89. The number of hydrogen-bond donors (Lipinski definition) is 1. The predicted molar refractivity (Wildman–Crippen MR) is 86.5 cm³/mol. The molecule has 110 valence electrons. The Labute approximate surface area is 131 Å². The number of nitrogens with zero attached hydrogens (tertiary/aromatic N) is 1. The number of benzene rings is 2. The van der Waals surface area contributed by atoms with Gasteiger partial charge in [0.05, 0.1) is 12.0 Å². The highest BCUT2D eigenvalue weighted by atomic mass is 32.1. The van der Waals surface area contributed by atoms with Gasteiger partial charge in [-0.2, -0.15) is 0 Å². The second-order valence-corrected chi connectivity index (χ2v) is 5.60. The highest BCUT2D eigenvalue weighted by Gasteiger charge is 2.19. The summed E-state index contributed by atoms with van der Waals surface area (Å²) < 4.78 is 5.13. The van der Waals surface area contributed by atoms with Gasteiger partial charge in [0.2, 0.25) is 0 Å². The molecule has 3 aromatic rings. The van der Waals surface area contributed by atoms with Crippen molar-refractivity contribution in [2.75, 3.05) is 7.11 Å². The molecule has 0 amide bonds. The molecule has 0 aliphatic heterocycles. The van der Waals surface area contributed by atoms with E-state index in [-0.39, 0.29) is 5.69 Å². The number of ether oxygens (including phenoxy) is 1. The van der Waals surface area contributed by atoms with E-state index in [1.165, 1.54) is 11.3 Å². The van der Waals surface area contributed by atoms with Crippen LogP contribution >= 0.6 is 11.3 Å². The summed E-state index contributed by atoms with van der Waals surface area (Å²) in [7, 11) is 1.61. The van der Waals surface area contributed by atoms with Crippen LogP contribution in [0.15, 0.2) is 54.6 Å². The molecule has 1 aromatic heterocycles. The molecule has 4 nitrogen and oxygen atoms in total. The van der Waals surface area contributed by atoms with Crippen LogP contribution in [0.2, 0.25) is 0 Å². The van der Waals surface area contributed by atoms with Gasteiger partial charge in [-0.1, -0.05) is 30.3 Å². The fourth-order valence-electron chi connectivity index (χ4n) is 2.11. The van der Waals surface area contributed by atoms with E-state index in [2.05, 4.69) is 4.98 Å². The van der Waals surface area contributed by atoms with E-state index in [9.17, 15) is 9.90 Å². The second kappa shape index (κ2) is 5.99. The number of aromatic nitrogens is 1. The van der Waals surface area contributed by atoms with Crippen LogP contribution in [0.5, 0.6) is 5.75 Å². The van der Waals surface area contributed by atoms with Crippen molar-refractivity contribution < 1.29 is 14.6 Å². The second-order valence-electron chi connectivity index (χ2n) is 4.60. The summed E-state index contributed by atoms with van der Waals surface area (Å²) in [6, 6.07) is 16.8. The quantitative estimate of drug-likeness (QED) is 0.785. The van der Waals surface area contributed by atoms with E-state index in [1.807, 2.05) is 54.6 Å². The van der Waals surface area contributed by atoms with E-state index < -0.39 is 5.97 Å². The monoisotopic (exact) mass is 311 g/mol. The first kappa shape index (κ1) is 14.3. The van der Waals surface area contributed by atoms with Crippen molar-refractivity contribution in [3.05, 3.63) is 60.3 Å². The number of rotatable bonds is 4. The molecular formula is C17H13NO3S. The van der Waals surface area contributed by atoms with E-state index in [4.69, 9.17) is 4.74 Å². The Bertz CT molecular complexity index is 795. The Hall–Kier alpha value is -2.66. The van der Waals surface area contributed by atoms with E-state index in [0.29, 0.717) is 9.88 Å². The average Bonchev–Trinajstić information content (AvgIpc) is 3.01. The molecule has 0 aliphatic rings. The number of aromatic carboxylic acids is 1. The number of carbonyl (C=O) groups is 1. The van der Waals surface area contributed by atoms with Gasteiger partial charge in [0.1, 0.15) is 10.8 Å². The fraction of sp³-hybridized carbons (Fsp3) is 0.0588. The van der Waals surface area contributed by atoms with Crippen molar-refractivity contribution in [3.63, 3.8) is 0 Å². The molecule has 0 unspecified atom stereocenters. The molecule has 22 heavy (non-hydrogen) atoms. The maximum Gasteiger partial charge on any atom is 0.356 e. The molecule has 0 spiro atoms. The molecular weight excluding hydrogens is 298 g/mol. The molecule has 0 radical (unpaired) electrons. The summed E-state index contributed by atoms with van der Waals surface area (Å²) in [5.41, 5.74) is 1.81. The van der Waals surface area contributed by atoms with Crippen LogP contribution < -0.4 is 4.74 Å². The van der Waals surface area contributed by atoms with Gasteiger partial charge in [-0.15, -0.1) is 11.3 Å². The smallest absolute Gasteiger partial charge is 0.356 e. The fourth-order valence-corrected chi connectivity index (χ4v) is 3.18. The van der Waals surface area contributed by atoms with Gasteiger partial charge in [0, 0.05) is 5.56 Å². The minimum absolute atomic E-state index is 0.0852. The van der Waals surface area contributed by atoms with E-state index >= 15 is 0 Å². The third kappa shape index (κ3) is 2.71. The molecule has 5 heteroatoms.